The fraction of sp³-hybridized carbons (Fsp3) is 0.500. The van der Waals surface area contributed by atoms with E-state index in [2.05, 4.69) is 4.90 Å². The molecule has 0 radical (unpaired) electrons. The van der Waals surface area contributed by atoms with E-state index in [9.17, 15) is 9.59 Å². The number of aldehydes is 1. The number of carboxylic acids is 1. The van der Waals surface area contributed by atoms with Crippen molar-refractivity contribution in [3.05, 3.63) is 28.2 Å². The molecule has 1 saturated heterocycles. The Morgan fingerprint density at radius 1 is 1.48 bits per heavy atom. The fourth-order valence-corrected chi connectivity index (χ4v) is 2.68. The van der Waals surface area contributed by atoms with Crippen LogP contribution in [-0.2, 0) is 9.59 Å². The maximum atomic E-state index is 10.6. The summed E-state index contributed by atoms with van der Waals surface area (Å²) in [4.78, 5) is 23.1. The summed E-state index contributed by atoms with van der Waals surface area (Å²) in [5.74, 6) is -1.12. The molecular formula is C16H21Cl2NO4. The molecule has 0 amide bonds. The van der Waals surface area contributed by atoms with E-state index in [1.54, 1.807) is 25.3 Å². The van der Waals surface area contributed by atoms with Gasteiger partial charge in [-0.15, -0.1) is 0 Å². The van der Waals surface area contributed by atoms with Crippen molar-refractivity contribution in [3.8, 4) is 5.75 Å². The number of halogens is 2. The highest BCUT2D eigenvalue weighted by Gasteiger charge is 2.27. The van der Waals surface area contributed by atoms with Crippen molar-refractivity contribution in [3.63, 3.8) is 0 Å². The molecule has 2 rings (SSSR count). The van der Waals surface area contributed by atoms with Crippen LogP contribution in [0.3, 0.4) is 0 Å². The second kappa shape index (κ2) is 9.75. The van der Waals surface area contributed by atoms with Gasteiger partial charge in [-0.3, -0.25) is 4.79 Å². The van der Waals surface area contributed by atoms with Gasteiger partial charge in [0.1, 0.15) is 18.0 Å². The molecule has 2 atom stereocenters. The smallest absolute Gasteiger partial charge is 0.313 e. The summed E-state index contributed by atoms with van der Waals surface area (Å²) >= 11 is 11.3. The Hall–Kier alpha value is -1.30. The van der Waals surface area contributed by atoms with Crippen LogP contribution < -0.4 is 4.74 Å². The molecule has 128 valence electrons. The van der Waals surface area contributed by atoms with Crippen molar-refractivity contribution >= 4 is 35.5 Å². The molecule has 0 saturated carbocycles. The lowest BCUT2D eigenvalue weighted by atomic mass is 10.00. The van der Waals surface area contributed by atoms with E-state index >= 15 is 0 Å². The van der Waals surface area contributed by atoms with Crippen molar-refractivity contribution in [1.82, 2.24) is 4.90 Å². The van der Waals surface area contributed by atoms with Gasteiger partial charge in [0.25, 0.3) is 0 Å². The molecule has 1 fully saturated rings. The first kappa shape index (κ1) is 19.7. The van der Waals surface area contributed by atoms with Crippen molar-refractivity contribution in [2.24, 2.45) is 5.92 Å². The number of rotatable bonds is 5. The minimum atomic E-state index is -1.00. The van der Waals surface area contributed by atoms with Crippen LogP contribution in [0.4, 0.5) is 0 Å². The number of hydrogen-bond donors (Lipinski definition) is 1. The van der Waals surface area contributed by atoms with Gasteiger partial charge >= 0.3 is 5.97 Å². The number of benzene rings is 1. The zero-order valence-corrected chi connectivity index (χ0v) is 14.7. The van der Waals surface area contributed by atoms with E-state index < -0.39 is 11.9 Å². The maximum Gasteiger partial charge on any atom is 0.313 e. The average Bonchev–Trinajstić information content (AvgIpc) is 2.93. The van der Waals surface area contributed by atoms with Crippen molar-refractivity contribution in [2.75, 3.05) is 20.7 Å². The number of carboxylic acid groups (broad SMARTS) is 1. The lowest BCUT2D eigenvalue weighted by Gasteiger charge is -2.20. The largest absolute Gasteiger partial charge is 0.497 e. The molecule has 0 aliphatic carbocycles. The zero-order valence-electron chi connectivity index (χ0n) is 13.2. The highest BCUT2D eigenvalue weighted by Crippen LogP contribution is 2.25. The quantitative estimate of drug-likeness (QED) is 0.643. The van der Waals surface area contributed by atoms with Crippen LogP contribution in [-0.4, -0.2) is 49.0 Å². The molecule has 1 N–H and O–H groups in total. The van der Waals surface area contributed by atoms with Gasteiger partial charge in [0, 0.05) is 12.1 Å². The highest BCUT2D eigenvalue weighted by atomic mass is 35.5. The predicted molar refractivity (Wildman–Crippen MR) is 90.5 cm³/mol. The van der Waals surface area contributed by atoms with Crippen LogP contribution in [0.5, 0.6) is 5.75 Å². The van der Waals surface area contributed by atoms with Gasteiger partial charge in [0.2, 0.25) is 0 Å². The average molecular weight is 362 g/mol. The maximum absolute atomic E-state index is 10.6. The third kappa shape index (κ3) is 6.37. The molecule has 0 aromatic heterocycles. The molecule has 1 heterocycles. The van der Waals surface area contributed by atoms with Crippen LogP contribution in [0, 0.1) is 5.92 Å². The van der Waals surface area contributed by atoms with E-state index in [1.807, 2.05) is 7.05 Å². The summed E-state index contributed by atoms with van der Waals surface area (Å²) in [5, 5.41) is 9.73. The molecule has 5 nitrogen and oxygen atoms in total. The third-order valence-corrected chi connectivity index (χ3v) is 4.54. The van der Waals surface area contributed by atoms with Crippen LogP contribution in [0.1, 0.15) is 19.3 Å². The van der Waals surface area contributed by atoms with Crippen LogP contribution >= 0.6 is 23.2 Å². The van der Waals surface area contributed by atoms with Crippen molar-refractivity contribution in [2.45, 2.75) is 25.3 Å². The van der Waals surface area contributed by atoms with Gasteiger partial charge in [-0.05, 0) is 45.0 Å². The van der Waals surface area contributed by atoms with E-state index in [0.717, 1.165) is 25.1 Å². The Bertz CT molecular complexity index is 539. The topological polar surface area (TPSA) is 66.8 Å². The third-order valence-electron chi connectivity index (χ3n) is 3.81. The summed E-state index contributed by atoms with van der Waals surface area (Å²) < 4.78 is 4.91. The second-order valence-electron chi connectivity index (χ2n) is 5.37. The number of carbonyl (C=O) groups excluding carboxylic acids is 1. The summed E-state index contributed by atoms with van der Waals surface area (Å²) in [6, 6.07) is 5.40. The zero-order chi connectivity index (χ0) is 17.4. The van der Waals surface area contributed by atoms with Gasteiger partial charge in [0.15, 0.2) is 0 Å². The molecular weight excluding hydrogens is 341 g/mol. The van der Waals surface area contributed by atoms with Crippen LogP contribution in [0.15, 0.2) is 18.2 Å². The molecule has 1 unspecified atom stereocenters. The Balaban J connectivity index is 0.000000238. The van der Waals surface area contributed by atoms with Gasteiger partial charge in [-0.2, -0.15) is 0 Å². The molecule has 0 spiro atoms. The van der Waals surface area contributed by atoms with E-state index in [1.165, 1.54) is 0 Å². The van der Waals surface area contributed by atoms with E-state index in [0.29, 0.717) is 22.8 Å². The SMILES string of the molecule is CN1CCC[C@H]1CC(C=O)C(=O)O.COc1ccc(Cl)c(Cl)c1. The Kier molecular flexibility index (Phi) is 8.37. The number of nitrogens with zero attached hydrogens (tertiary/aromatic N) is 1. The first-order valence-electron chi connectivity index (χ1n) is 7.26. The first-order valence-corrected chi connectivity index (χ1v) is 8.02. The number of aliphatic carboxylic acids is 1. The van der Waals surface area contributed by atoms with Crippen LogP contribution in [0.2, 0.25) is 10.0 Å². The first-order chi connectivity index (χ1) is 10.9. The molecule has 0 bridgehead atoms. The standard InChI is InChI=1S/C9H15NO3.C7H6Cl2O/c1-10-4-2-3-8(10)5-7(6-11)9(12)13;1-10-5-2-3-6(8)7(9)4-5/h6-8H,2-5H2,1H3,(H,12,13);2-4H,1H3/t7?,8-;/m0./s1. The Labute approximate surface area is 146 Å². The van der Waals surface area contributed by atoms with Crippen molar-refractivity contribution < 1.29 is 19.4 Å². The number of likely N-dealkylation sites (tertiary alicyclic amines) is 1. The highest BCUT2D eigenvalue weighted by molar-refractivity contribution is 6.42. The number of hydrogen-bond acceptors (Lipinski definition) is 4. The molecule has 1 aliphatic rings. The lowest BCUT2D eigenvalue weighted by molar-refractivity contribution is -0.144. The summed E-state index contributed by atoms with van der Waals surface area (Å²) in [6.07, 6.45) is 3.10. The molecule has 7 heteroatoms. The van der Waals surface area contributed by atoms with Gasteiger partial charge in [0.05, 0.1) is 17.2 Å². The Morgan fingerprint density at radius 3 is 2.61 bits per heavy atom. The normalized spacial score (nSPS) is 18.7. The van der Waals surface area contributed by atoms with E-state index in [4.69, 9.17) is 33.0 Å². The summed E-state index contributed by atoms with van der Waals surface area (Å²) in [7, 11) is 3.56. The van der Waals surface area contributed by atoms with Gasteiger partial charge < -0.3 is 19.5 Å². The fourth-order valence-electron chi connectivity index (χ4n) is 2.39. The number of carbonyl (C=O) groups is 2. The molecule has 23 heavy (non-hydrogen) atoms. The molecule has 1 aromatic carbocycles. The molecule has 1 aromatic rings. The predicted octanol–water partition coefficient (Wildman–Crippen LogP) is 3.37. The second-order valence-corrected chi connectivity index (χ2v) is 6.19. The lowest BCUT2D eigenvalue weighted by Crippen LogP contribution is -2.30. The van der Waals surface area contributed by atoms with Crippen molar-refractivity contribution in [1.29, 1.82) is 0 Å². The van der Waals surface area contributed by atoms with E-state index in [-0.39, 0.29) is 6.04 Å². The number of ether oxygens (including phenoxy) is 1. The molecule has 1 aliphatic heterocycles. The van der Waals surface area contributed by atoms with Gasteiger partial charge in [-0.1, -0.05) is 23.2 Å². The Morgan fingerprint density at radius 2 is 2.17 bits per heavy atom. The monoisotopic (exact) mass is 361 g/mol. The van der Waals surface area contributed by atoms with Gasteiger partial charge in [-0.25, -0.2) is 0 Å². The van der Waals surface area contributed by atoms with Crippen LogP contribution in [0.25, 0.3) is 0 Å². The summed E-state index contributed by atoms with van der Waals surface area (Å²) in [6.45, 7) is 1.01. The minimum Gasteiger partial charge on any atom is -0.497 e. The number of methoxy groups -OCH3 is 1. The summed E-state index contributed by atoms with van der Waals surface area (Å²) in [5.41, 5.74) is 0. The minimum absolute atomic E-state index is 0.270.